The number of aliphatic hydroxyl groups is 1. The average molecular weight is 481 g/mol. The molecule has 0 aromatic heterocycles. The Balaban J connectivity index is 1.71. The van der Waals surface area contributed by atoms with E-state index in [0.29, 0.717) is 44.2 Å². The van der Waals surface area contributed by atoms with E-state index in [1.54, 1.807) is 0 Å². The van der Waals surface area contributed by atoms with Crippen molar-refractivity contribution in [3.05, 3.63) is 71.8 Å². The molecule has 0 radical (unpaired) electrons. The van der Waals surface area contributed by atoms with Crippen LogP contribution in [0.25, 0.3) is 6.08 Å². The number of rotatable bonds is 14. The van der Waals surface area contributed by atoms with E-state index in [2.05, 4.69) is 5.32 Å². The van der Waals surface area contributed by atoms with Crippen LogP contribution < -0.4 is 10.1 Å². The van der Waals surface area contributed by atoms with Crippen LogP contribution in [-0.4, -0.2) is 61.5 Å². The van der Waals surface area contributed by atoms with Crippen LogP contribution in [0.5, 0.6) is 5.75 Å². The van der Waals surface area contributed by atoms with E-state index >= 15 is 0 Å². The molecular weight excluding hydrogens is 444 g/mol. The van der Waals surface area contributed by atoms with Crippen molar-refractivity contribution in [2.75, 3.05) is 33.0 Å². The fraction of sp³-hybridized carbons (Fsp3) is 0.429. The van der Waals surface area contributed by atoms with Crippen molar-refractivity contribution in [1.82, 2.24) is 5.32 Å². The Kier molecular flexibility index (Phi) is 10.3. The third-order valence-corrected chi connectivity index (χ3v) is 5.48. The highest BCUT2D eigenvalue weighted by molar-refractivity contribution is 6.00. The quantitative estimate of drug-likeness (QED) is 0.399. The van der Waals surface area contributed by atoms with Crippen molar-refractivity contribution >= 4 is 17.9 Å². The van der Waals surface area contributed by atoms with Gasteiger partial charge in [-0.05, 0) is 50.1 Å². The number of ether oxygens (including phenoxy) is 3. The minimum Gasteiger partial charge on any atom is -0.494 e. The molecule has 2 aromatic rings. The van der Waals surface area contributed by atoms with Gasteiger partial charge in [0.1, 0.15) is 12.4 Å². The molecular formula is C28H36N2O5. The maximum Gasteiger partial charge on any atom is 0.251 e. The van der Waals surface area contributed by atoms with Gasteiger partial charge in [-0.15, -0.1) is 0 Å². The normalized spacial score (nSPS) is 17.4. The molecule has 0 saturated heterocycles. The van der Waals surface area contributed by atoms with Crippen LogP contribution in [0.1, 0.15) is 44.2 Å². The number of carbonyl (C=O) groups excluding carboxylic acids is 1. The number of benzene rings is 2. The van der Waals surface area contributed by atoms with Gasteiger partial charge in [0.2, 0.25) is 5.90 Å². The van der Waals surface area contributed by atoms with E-state index in [1.165, 1.54) is 0 Å². The smallest absolute Gasteiger partial charge is 0.251 e. The van der Waals surface area contributed by atoms with Crippen LogP contribution in [-0.2, 0) is 14.3 Å². The fourth-order valence-corrected chi connectivity index (χ4v) is 3.57. The number of carbonyl (C=O) groups is 1. The van der Waals surface area contributed by atoms with Crippen molar-refractivity contribution in [2.45, 2.75) is 44.8 Å². The summed E-state index contributed by atoms with van der Waals surface area (Å²) in [6.45, 7) is 5.81. The minimum absolute atomic E-state index is 0.0936. The predicted octanol–water partition coefficient (Wildman–Crippen LogP) is 4.00. The average Bonchev–Trinajstić information content (AvgIpc) is 3.30. The number of aliphatic imine (C=N–C) groups is 1. The molecule has 1 amide bonds. The topological polar surface area (TPSA) is 89.4 Å². The molecule has 7 nitrogen and oxygen atoms in total. The molecule has 0 unspecified atom stereocenters. The molecule has 0 aliphatic carbocycles. The van der Waals surface area contributed by atoms with Gasteiger partial charge >= 0.3 is 0 Å². The first-order chi connectivity index (χ1) is 17.0. The second-order valence-electron chi connectivity index (χ2n) is 8.73. The van der Waals surface area contributed by atoms with Crippen molar-refractivity contribution < 1.29 is 24.1 Å². The van der Waals surface area contributed by atoms with Crippen LogP contribution in [0.4, 0.5) is 0 Å². The number of hydrogen-bond donors (Lipinski definition) is 2. The van der Waals surface area contributed by atoms with Gasteiger partial charge in [0.25, 0.3) is 5.91 Å². The zero-order chi connectivity index (χ0) is 24.9. The third-order valence-electron chi connectivity index (χ3n) is 5.48. The summed E-state index contributed by atoms with van der Waals surface area (Å²) in [5.74, 6) is 0.997. The monoisotopic (exact) mass is 480 g/mol. The summed E-state index contributed by atoms with van der Waals surface area (Å²) < 4.78 is 17.1. The minimum atomic E-state index is -1.03. The molecule has 35 heavy (non-hydrogen) atoms. The van der Waals surface area contributed by atoms with Gasteiger partial charge in [-0.1, -0.05) is 42.5 Å². The molecule has 3 rings (SSSR count). The first-order valence-electron chi connectivity index (χ1n) is 12.2. The lowest BCUT2D eigenvalue weighted by atomic mass is 9.95. The second kappa shape index (κ2) is 13.7. The fourth-order valence-electron chi connectivity index (χ4n) is 3.57. The highest BCUT2D eigenvalue weighted by Crippen LogP contribution is 2.28. The van der Waals surface area contributed by atoms with Gasteiger partial charge in [-0.25, -0.2) is 4.99 Å². The first-order valence-corrected chi connectivity index (χ1v) is 12.2. The maximum atomic E-state index is 13.3. The largest absolute Gasteiger partial charge is 0.494 e. The Labute approximate surface area is 207 Å². The van der Waals surface area contributed by atoms with E-state index in [-0.39, 0.29) is 25.2 Å². The summed E-state index contributed by atoms with van der Waals surface area (Å²) in [5, 5.41) is 11.9. The molecule has 1 heterocycles. The Morgan fingerprint density at radius 2 is 1.91 bits per heavy atom. The number of nitrogens with zero attached hydrogens (tertiary/aromatic N) is 1. The van der Waals surface area contributed by atoms with E-state index in [4.69, 9.17) is 24.3 Å². The van der Waals surface area contributed by atoms with Gasteiger partial charge in [-0.3, -0.25) is 4.79 Å². The van der Waals surface area contributed by atoms with Crippen LogP contribution in [0.15, 0.2) is 65.7 Å². The summed E-state index contributed by atoms with van der Waals surface area (Å²) in [5.41, 5.74) is 0.816. The van der Waals surface area contributed by atoms with Crippen molar-refractivity contribution in [3.8, 4) is 5.75 Å². The third kappa shape index (κ3) is 8.23. The molecule has 1 aliphatic rings. The molecule has 188 valence electrons. The standard InChI is InChI=1S/C28H36N2O5/c1-22(2)33-19-7-17-29-27(32)28(16-6-11-23-9-4-3-5-10-23)21-35-26(30-28)24-12-14-25(15-13-24)34-20-8-18-31/h3-6,9-15,22,31H,7-8,16-21H2,1-2H3,(H,29,32)/b11-6+/t28-/m1/s1. The van der Waals surface area contributed by atoms with Gasteiger partial charge in [0.05, 0.1) is 12.7 Å². The van der Waals surface area contributed by atoms with Crippen molar-refractivity contribution in [3.63, 3.8) is 0 Å². The Hall–Kier alpha value is -3.16. The molecule has 1 aliphatic heterocycles. The summed E-state index contributed by atoms with van der Waals surface area (Å²) in [6.07, 6.45) is 5.87. The lowest BCUT2D eigenvalue weighted by Gasteiger charge is -2.21. The van der Waals surface area contributed by atoms with Gasteiger partial charge < -0.3 is 24.6 Å². The Morgan fingerprint density at radius 1 is 1.14 bits per heavy atom. The SMILES string of the molecule is CC(C)OCCCNC(=O)[C@@]1(C/C=C/c2ccccc2)COC(c2ccc(OCCCO)cc2)=N1. The molecule has 1 atom stereocenters. The van der Waals surface area contributed by atoms with Crippen LogP contribution in [0.3, 0.4) is 0 Å². The lowest BCUT2D eigenvalue weighted by molar-refractivity contribution is -0.126. The molecule has 0 fully saturated rings. The van der Waals surface area contributed by atoms with Gasteiger partial charge in [-0.2, -0.15) is 0 Å². The summed E-state index contributed by atoms with van der Waals surface area (Å²) in [4.78, 5) is 18.1. The molecule has 0 bridgehead atoms. The van der Waals surface area contributed by atoms with E-state index in [9.17, 15) is 4.79 Å². The zero-order valence-electron chi connectivity index (χ0n) is 20.6. The predicted molar refractivity (Wildman–Crippen MR) is 138 cm³/mol. The van der Waals surface area contributed by atoms with Crippen LogP contribution in [0.2, 0.25) is 0 Å². The lowest BCUT2D eigenvalue weighted by Crippen LogP contribution is -2.46. The highest BCUT2D eigenvalue weighted by atomic mass is 16.5. The summed E-state index contributed by atoms with van der Waals surface area (Å²) in [7, 11) is 0. The zero-order valence-corrected chi connectivity index (χ0v) is 20.6. The van der Waals surface area contributed by atoms with Crippen molar-refractivity contribution in [2.24, 2.45) is 4.99 Å². The number of aliphatic hydroxyl groups excluding tert-OH is 1. The van der Waals surface area contributed by atoms with E-state index in [1.807, 2.05) is 80.6 Å². The first kappa shape index (κ1) is 26.4. The summed E-state index contributed by atoms with van der Waals surface area (Å²) in [6, 6.07) is 17.4. The van der Waals surface area contributed by atoms with Crippen LogP contribution in [0, 0.1) is 0 Å². The number of nitrogens with one attached hydrogen (secondary N) is 1. The van der Waals surface area contributed by atoms with Crippen LogP contribution >= 0.6 is 0 Å². The number of hydrogen-bond acceptors (Lipinski definition) is 6. The Bertz CT molecular complexity index is 973. The molecule has 0 saturated carbocycles. The Morgan fingerprint density at radius 3 is 2.63 bits per heavy atom. The summed E-state index contributed by atoms with van der Waals surface area (Å²) >= 11 is 0. The molecule has 0 spiro atoms. The van der Waals surface area contributed by atoms with Gasteiger partial charge in [0, 0.05) is 38.2 Å². The molecule has 2 aromatic carbocycles. The molecule has 2 N–H and O–H groups in total. The van der Waals surface area contributed by atoms with E-state index < -0.39 is 5.54 Å². The van der Waals surface area contributed by atoms with Gasteiger partial charge in [0.15, 0.2) is 5.54 Å². The number of amides is 1. The maximum absolute atomic E-state index is 13.3. The highest BCUT2D eigenvalue weighted by Gasteiger charge is 2.43. The molecule has 7 heteroatoms. The van der Waals surface area contributed by atoms with E-state index in [0.717, 1.165) is 17.5 Å². The second-order valence-corrected chi connectivity index (χ2v) is 8.73. The van der Waals surface area contributed by atoms with Crippen molar-refractivity contribution in [1.29, 1.82) is 0 Å².